The highest BCUT2D eigenvalue weighted by atomic mass is 32.2. The monoisotopic (exact) mass is 242 g/mol. The molecule has 0 atom stereocenters. The van der Waals surface area contributed by atoms with E-state index < -0.39 is 15.9 Å². The lowest BCUT2D eigenvalue weighted by atomic mass is 10.3. The molecular formula is C8H18O6S. The normalized spacial score (nSPS) is 11.9. The molecule has 0 aliphatic heterocycles. The Bertz CT molecular complexity index is 225. The van der Waals surface area contributed by atoms with E-state index in [2.05, 4.69) is 0 Å². The molecule has 0 saturated carbocycles. The van der Waals surface area contributed by atoms with Crippen LogP contribution in [0.5, 0.6) is 0 Å². The lowest BCUT2D eigenvalue weighted by molar-refractivity contribution is 0.0505. The summed E-state index contributed by atoms with van der Waals surface area (Å²) >= 11 is 0. The minimum absolute atomic E-state index is 0.0289. The molecule has 92 valence electrons. The van der Waals surface area contributed by atoms with Crippen molar-refractivity contribution < 1.29 is 27.6 Å². The van der Waals surface area contributed by atoms with E-state index in [1.165, 1.54) is 0 Å². The lowest BCUT2D eigenvalue weighted by Crippen LogP contribution is -2.13. The maximum atomic E-state index is 10.3. The molecule has 0 bridgehead atoms. The number of hydrogen-bond donors (Lipinski definition) is 2. The summed E-state index contributed by atoms with van der Waals surface area (Å²) in [4.78, 5) is 0. The highest BCUT2D eigenvalue weighted by Crippen LogP contribution is 1.89. The first kappa shape index (κ1) is 14.8. The third-order valence-corrected chi connectivity index (χ3v) is 2.24. The van der Waals surface area contributed by atoms with Crippen LogP contribution < -0.4 is 0 Å². The number of aliphatic hydroxyl groups is 1. The van der Waals surface area contributed by atoms with Gasteiger partial charge in [-0.05, 0) is 12.8 Å². The van der Waals surface area contributed by atoms with Gasteiger partial charge in [-0.3, -0.25) is 4.55 Å². The van der Waals surface area contributed by atoms with E-state index in [0.29, 0.717) is 26.2 Å². The van der Waals surface area contributed by atoms with Gasteiger partial charge >= 0.3 is 0 Å². The highest BCUT2D eigenvalue weighted by molar-refractivity contribution is 7.85. The smallest absolute Gasteiger partial charge is 0.267 e. The van der Waals surface area contributed by atoms with Crippen molar-refractivity contribution in [3.8, 4) is 0 Å². The van der Waals surface area contributed by atoms with Crippen LogP contribution in [0.2, 0.25) is 0 Å². The molecule has 0 spiro atoms. The van der Waals surface area contributed by atoms with Gasteiger partial charge in [0.1, 0.15) is 0 Å². The van der Waals surface area contributed by atoms with Crippen molar-refractivity contribution in [2.75, 3.05) is 38.8 Å². The molecular weight excluding hydrogens is 224 g/mol. The molecule has 2 N–H and O–H groups in total. The van der Waals surface area contributed by atoms with Crippen LogP contribution >= 0.6 is 0 Å². The SMILES string of the molecule is O=S(=O)(O)CCOCCOCCCCO. The van der Waals surface area contributed by atoms with Gasteiger partial charge in [-0.25, -0.2) is 0 Å². The minimum Gasteiger partial charge on any atom is -0.396 e. The molecule has 6 nitrogen and oxygen atoms in total. The molecule has 0 rings (SSSR count). The summed E-state index contributed by atoms with van der Waals surface area (Å²) in [5.74, 6) is -0.391. The number of hydrogen-bond acceptors (Lipinski definition) is 5. The molecule has 0 unspecified atom stereocenters. The van der Waals surface area contributed by atoms with Crippen molar-refractivity contribution in [3.63, 3.8) is 0 Å². The molecule has 0 aromatic rings. The number of rotatable bonds is 10. The average Bonchev–Trinajstić information content (AvgIpc) is 2.14. The number of aliphatic hydroxyl groups excluding tert-OH is 1. The fourth-order valence-electron chi connectivity index (χ4n) is 0.802. The Balaban J connectivity index is 3.06. The molecule has 7 heteroatoms. The second-order valence-corrected chi connectivity index (χ2v) is 4.51. The predicted molar refractivity (Wildman–Crippen MR) is 54.4 cm³/mol. The highest BCUT2D eigenvalue weighted by Gasteiger charge is 2.02. The predicted octanol–water partition coefficient (Wildman–Crippen LogP) is -0.320. The van der Waals surface area contributed by atoms with Crippen molar-refractivity contribution in [1.29, 1.82) is 0 Å². The van der Waals surface area contributed by atoms with Crippen LogP contribution in [0, 0.1) is 0 Å². The van der Waals surface area contributed by atoms with E-state index >= 15 is 0 Å². The first-order valence-corrected chi connectivity index (χ1v) is 6.38. The largest absolute Gasteiger partial charge is 0.396 e. The second kappa shape index (κ2) is 9.05. The van der Waals surface area contributed by atoms with E-state index in [1.807, 2.05) is 0 Å². The van der Waals surface area contributed by atoms with Crippen LogP contribution in [-0.2, 0) is 19.6 Å². The van der Waals surface area contributed by atoms with Gasteiger partial charge in [-0.15, -0.1) is 0 Å². The Labute approximate surface area is 89.9 Å². The molecule has 0 radical (unpaired) electrons. The van der Waals surface area contributed by atoms with E-state index in [9.17, 15) is 8.42 Å². The third kappa shape index (κ3) is 13.8. The van der Waals surface area contributed by atoms with Crippen molar-refractivity contribution in [2.24, 2.45) is 0 Å². The summed E-state index contributed by atoms with van der Waals surface area (Å²) < 4.78 is 38.9. The van der Waals surface area contributed by atoms with E-state index in [4.69, 9.17) is 19.1 Å². The van der Waals surface area contributed by atoms with E-state index in [0.717, 1.165) is 6.42 Å². The zero-order valence-corrected chi connectivity index (χ0v) is 9.41. The van der Waals surface area contributed by atoms with Gasteiger partial charge in [0.05, 0.1) is 25.6 Å². The van der Waals surface area contributed by atoms with Crippen molar-refractivity contribution in [1.82, 2.24) is 0 Å². The zero-order chi connectivity index (χ0) is 11.6. The summed E-state index contributed by atoms with van der Waals surface area (Å²) in [6.45, 7) is 1.38. The summed E-state index contributed by atoms with van der Waals surface area (Å²) in [5.41, 5.74) is 0. The number of ether oxygens (including phenoxy) is 2. The Morgan fingerprint density at radius 3 is 2.07 bits per heavy atom. The molecule has 0 amide bonds. The molecule has 0 heterocycles. The Morgan fingerprint density at radius 1 is 0.933 bits per heavy atom. The molecule has 0 aromatic heterocycles. The Hall–Kier alpha value is -0.210. The van der Waals surface area contributed by atoms with Gasteiger partial charge in [-0.1, -0.05) is 0 Å². The number of unbranched alkanes of at least 4 members (excludes halogenated alkanes) is 1. The van der Waals surface area contributed by atoms with Crippen LogP contribution in [0.25, 0.3) is 0 Å². The Kier molecular flexibility index (Phi) is 8.92. The van der Waals surface area contributed by atoms with Crippen LogP contribution in [0.4, 0.5) is 0 Å². The quantitative estimate of drug-likeness (QED) is 0.403. The molecule has 0 aliphatic carbocycles. The fraction of sp³-hybridized carbons (Fsp3) is 1.00. The van der Waals surface area contributed by atoms with Gasteiger partial charge < -0.3 is 14.6 Å². The van der Waals surface area contributed by atoms with Crippen LogP contribution in [0.3, 0.4) is 0 Å². The standard InChI is InChI=1S/C8H18O6S/c9-3-1-2-4-13-5-6-14-7-8-15(10,11)12/h9H,1-8H2,(H,10,11,12). The van der Waals surface area contributed by atoms with Crippen molar-refractivity contribution in [3.05, 3.63) is 0 Å². The van der Waals surface area contributed by atoms with Gasteiger partial charge in [0.15, 0.2) is 0 Å². The molecule has 0 saturated heterocycles. The lowest BCUT2D eigenvalue weighted by Gasteiger charge is -2.04. The van der Waals surface area contributed by atoms with E-state index in [-0.39, 0.29) is 13.2 Å². The first-order chi connectivity index (χ1) is 7.06. The fourth-order valence-corrected chi connectivity index (χ4v) is 1.13. The second-order valence-electron chi connectivity index (χ2n) is 2.94. The van der Waals surface area contributed by atoms with Gasteiger partial charge in [0.25, 0.3) is 10.1 Å². The topological polar surface area (TPSA) is 93.1 Å². The van der Waals surface area contributed by atoms with Gasteiger partial charge in [0, 0.05) is 13.2 Å². The molecule has 15 heavy (non-hydrogen) atoms. The zero-order valence-electron chi connectivity index (χ0n) is 8.59. The van der Waals surface area contributed by atoms with Crippen molar-refractivity contribution >= 4 is 10.1 Å². The summed E-state index contributed by atoms with van der Waals surface area (Å²) in [6.07, 6.45) is 1.51. The summed E-state index contributed by atoms with van der Waals surface area (Å²) in [5, 5.41) is 8.45. The van der Waals surface area contributed by atoms with Gasteiger partial charge in [0.2, 0.25) is 0 Å². The molecule has 0 aromatic carbocycles. The van der Waals surface area contributed by atoms with Gasteiger partial charge in [-0.2, -0.15) is 8.42 Å². The maximum Gasteiger partial charge on any atom is 0.267 e. The average molecular weight is 242 g/mol. The van der Waals surface area contributed by atoms with Crippen molar-refractivity contribution in [2.45, 2.75) is 12.8 Å². The molecule has 0 fully saturated rings. The first-order valence-electron chi connectivity index (χ1n) is 4.78. The summed E-state index contributed by atoms with van der Waals surface area (Å²) in [7, 11) is -3.92. The minimum atomic E-state index is -3.92. The molecule has 0 aliphatic rings. The Morgan fingerprint density at radius 2 is 1.53 bits per heavy atom. The third-order valence-electron chi connectivity index (χ3n) is 1.55. The van der Waals surface area contributed by atoms with Crippen LogP contribution in [0.1, 0.15) is 12.8 Å². The van der Waals surface area contributed by atoms with E-state index in [1.54, 1.807) is 0 Å². The maximum absolute atomic E-state index is 10.3. The van der Waals surface area contributed by atoms with Crippen LogP contribution in [-0.4, -0.2) is 56.9 Å². The summed E-state index contributed by atoms with van der Waals surface area (Å²) in [6, 6.07) is 0. The van der Waals surface area contributed by atoms with Crippen LogP contribution in [0.15, 0.2) is 0 Å².